The Labute approximate surface area is 118 Å². The van der Waals surface area contributed by atoms with E-state index in [2.05, 4.69) is 48.3 Å². The molecular formula is C17H28N2. The third-order valence-corrected chi connectivity index (χ3v) is 3.89. The van der Waals surface area contributed by atoms with Gasteiger partial charge in [-0.15, -0.1) is 0 Å². The molecule has 1 aromatic carbocycles. The van der Waals surface area contributed by atoms with E-state index >= 15 is 0 Å². The topological polar surface area (TPSA) is 15.3 Å². The predicted molar refractivity (Wildman–Crippen MR) is 82.1 cm³/mol. The standard InChI is InChI=1S/C17H28N2/c1-3-9-18-12-16-7-4-8-17(11-16)14-19-10-5-6-15(2)13-19/h4,7-8,11,15,18H,3,5-6,9-10,12-14H2,1-2H3. The van der Waals surface area contributed by atoms with Crippen molar-refractivity contribution in [2.24, 2.45) is 5.92 Å². The first-order valence-electron chi connectivity index (χ1n) is 7.79. The molecule has 1 fully saturated rings. The van der Waals surface area contributed by atoms with Gasteiger partial charge in [0, 0.05) is 19.6 Å². The van der Waals surface area contributed by atoms with Gasteiger partial charge in [-0.3, -0.25) is 4.90 Å². The molecule has 0 bridgehead atoms. The lowest BCUT2D eigenvalue weighted by molar-refractivity contribution is 0.176. The SMILES string of the molecule is CCCNCc1cccc(CN2CCCC(C)C2)c1. The number of hydrogen-bond acceptors (Lipinski definition) is 2. The molecule has 1 heterocycles. The van der Waals surface area contributed by atoms with E-state index in [1.165, 1.54) is 43.5 Å². The molecule has 1 unspecified atom stereocenters. The number of piperidine rings is 1. The van der Waals surface area contributed by atoms with Crippen molar-refractivity contribution < 1.29 is 0 Å². The second-order valence-electron chi connectivity index (χ2n) is 5.98. The molecule has 0 saturated carbocycles. The Morgan fingerprint density at radius 3 is 2.95 bits per heavy atom. The monoisotopic (exact) mass is 260 g/mol. The molecule has 1 aliphatic heterocycles. The zero-order valence-corrected chi connectivity index (χ0v) is 12.5. The van der Waals surface area contributed by atoms with Crippen LogP contribution in [0.2, 0.25) is 0 Å². The van der Waals surface area contributed by atoms with E-state index in [4.69, 9.17) is 0 Å². The molecule has 0 aromatic heterocycles. The van der Waals surface area contributed by atoms with Crippen LogP contribution in [0.4, 0.5) is 0 Å². The van der Waals surface area contributed by atoms with Crippen molar-refractivity contribution in [2.45, 2.75) is 46.2 Å². The van der Waals surface area contributed by atoms with Crippen molar-refractivity contribution in [3.8, 4) is 0 Å². The predicted octanol–water partition coefficient (Wildman–Crippen LogP) is 3.42. The average molecular weight is 260 g/mol. The zero-order chi connectivity index (χ0) is 13.5. The van der Waals surface area contributed by atoms with Crippen LogP contribution in [0.3, 0.4) is 0 Å². The summed E-state index contributed by atoms with van der Waals surface area (Å²) < 4.78 is 0. The smallest absolute Gasteiger partial charge is 0.0233 e. The van der Waals surface area contributed by atoms with Crippen LogP contribution in [0, 0.1) is 5.92 Å². The molecule has 0 radical (unpaired) electrons. The minimum absolute atomic E-state index is 0.864. The molecule has 1 atom stereocenters. The van der Waals surface area contributed by atoms with Gasteiger partial charge in [0.05, 0.1) is 0 Å². The summed E-state index contributed by atoms with van der Waals surface area (Å²) in [4.78, 5) is 2.60. The molecule has 2 nitrogen and oxygen atoms in total. The van der Waals surface area contributed by atoms with Gasteiger partial charge in [-0.25, -0.2) is 0 Å². The molecule has 0 aliphatic carbocycles. The molecule has 106 valence electrons. The summed E-state index contributed by atoms with van der Waals surface area (Å²) in [5, 5.41) is 3.48. The first kappa shape index (κ1) is 14.5. The van der Waals surface area contributed by atoms with Crippen LogP contribution < -0.4 is 5.32 Å². The van der Waals surface area contributed by atoms with Gasteiger partial charge < -0.3 is 5.32 Å². The van der Waals surface area contributed by atoms with Crippen LogP contribution in [0.1, 0.15) is 44.2 Å². The second-order valence-corrected chi connectivity index (χ2v) is 5.98. The van der Waals surface area contributed by atoms with E-state index in [9.17, 15) is 0 Å². The lowest BCUT2D eigenvalue weighted by atomic mass is 9.99. The molecule has 1 aliphatic rings. The number of hydrogen-bond donors (Lipinski definition) is 1. The molecule has 0 amide bonds. The Balaban J connectivity index is 1.87. The first-order valence-corrected chi connectivity index (χ1v) is 7.79. The van der Waals surface area contributed by atoms with Gasteiger partial charge in [0.15, 0.2) is 0 Å². The summed E-state index contributed by atoms with van der Waals surface area (Å²) in [6.07, 6.45) is 3.96. The van der Waals surface area contributed by atoms with Crippen LogP contribution in [0.15, 0.2) is 24.3 Å². The second kappa shape index (κ2) is 7.66. The lowest BCUT2D eigenvalue weighted by Crippen LogP contribution is -2.33. The Kier molecular flexibility index (Phi) is 5.87. The van der Waals surface area contributed by atoms with Crippen LogP contribution in [-0.4, -0.2) is 24.5 Å². The fourth-order valence-corrected chi connectivity index (χ4v) is 2.94. The van der Waals surface area contributed by atoms with Crippen molar-refractivity contribution in [3.63, 3.8) is 0 Å². The number of rotatable bonds is 6. The van der Waals surface area contributed by atoms with Crippen molar-refractivity contribution >= 4 is 0 Å². The normalized spacial score (nSPS) is 20.6. The molecule has 2 heteroatoms. The zero-order valence-electron chi connectivity index (χ0n) is 12.5. The van der Waals surface area contributed by atoms with E-state index in [1.54, 1.807) is 0 Å². The van der Waals surface area contributed by atoms with Gasteiger partial charge >= 0.3 is 0 Å². The highest BCUT2D eigenvalue weighted by atomic mass is 15.1. The third kappa shape index (κ3) is 4.96. The Morgan fingerprint density at radius 2 is 2.16 bits per heavy atom. The number of likely N-dealkylation sites (tertiary alicyclic amines) is 1. The minimum atomic E-state index is 0.864. The van der Waals surface area contributed by atoms with Crippen LogP contribution >= 0.6 is 0 Å². The van der Waals surface area contributed by atoms with Crippen molar-refractivity contribution in [1.82, 2.24) is 10.2 Å². The van der Waals surface area contributed by atoms with E-state index in [0.29, 0.717) is 0 Å². The Bertz CT molecular complexity index is 375. The highest BCUT2D eigenvalue weighted by Gasteiger charge is 2.16. The minimum Gasteiger partial charge on any atom is -0.313 e. The average Bonchev–Trinajstić information content (AvgIpc) is 2.39. The van der Waals surface area contributed by atoms with Gasteiger partial charge in [0.25, 0.3) is 0 Å². The fourth-order valence-electron chi connectivity index (χ4n) is 2.94. The van der Waals surface area contributed by atoms with Crippen molar-refractivity contribution in [3.05, 3.63) is 35.4 Å². The van der Waals surface area contributed by atoms with Crippen LogP contribution in [0.5, 0.6) is 0 Å². The van der Waals surface area contributed by atoms with Gasteiger partial charge in [0.1, 0.15) is 0 Å². The van der Waals surface area contributed by atoms with Gasteiger partial charge in [-0.2, -0.15) is 0 Å². The molecule has 1 saturated heterocycles. The summed E-state index contributed by atoms with van der Waals surface area (Å²) in [5.41, 5.74) is 2.88. The maximum atomic E-state index is 3.48. The van der Waals surface area contributed by atoms with E-state index in [1.807, 2.05) is 0 Å². The third-order valence-electron chi connectivity index (χ3n) is 3.89. The van der Waals surface area contributed by atoms with Gasteiger partial charge in [-0.1, -0.05) is 38.1 Å². The highest BCUT2D eigenvalue weighted by molar-refractivity contribution is 5.23. The highest BCUT2D eigenvalue weighted by Crippen LogP contribution is 2.18. The van der Waals surface area contributed by atoms with Crippen molar-refractivity contribution in [2.75, 3.05) is 19.6 Å². The molecule has 19 heavy (non-hydrogen) atoms. The Morgan fingerprint density at radius 1 is 1.32 bits per heavy atom. The largest absolute Gasteiger partial charge is 0.313 e. The molecular weight excluding hydrogens is 232 g/mol. The maximum Gasteiger partial charge on any atom is 0.0233 e. The van der Waals surface area contributed by atoms with E-state index in [-0.39, 0.29) is 0 Å². The summed E-state index contributed by atoms with van der Waals surface area (Å²) in [7, 11) is 0. The number of nitrogens with zero attached hydrogens (tertiary/aromatic N) is 1. The summed E-state index contributed by atoms with van der Waals surface area (Å²) in [5.74, 6) is 0.864. The van der Waals surface area contributed by atoms with Crippen molar-refractivity contribution in [1.29, 1.82) is 0 Å². The maximum absolute atomic E-state index is 3.48. The molecule has 1 N–H and O–H groups in total. The Hall–Kier alpha value is -0.860. The fraction of sp³-hybridized carbons (Fsp3) is 0.647. The lowest BCUT2D eigenvalue weighted by Gasteiger charge is -2.30. The van der Waals surface area contributed by atoms with Gasteiger partial charge in [-0.05, 0) is 49.4 Å². The van der Waals surface area contributed by atoms with Crippen LogP contribution in [0.25, 0.3) is 0 Å². The number of benzene rings is 1. The summed E-state index contributed by atoms with van der Waals surface area (Å²) in [6, 6.07) is 9.06. The van der Waals surface area contributed by atoms with E-state index in [0.717, 1.165) is 25.6 Å². The molecule has 2 rings (SSSR count). The van der Waals surface area contributed by atoms with E-state index < -0.39 is 0 Å². The van der Waals surface area contributed by atoms with Crippen LogP contribution in [-0.2, 0) is 13.1 Å². The summed E-state index contributed by atoms with van der Waals surface area (Å²) in [6.45, 7) is 10.3. The first-order chi connectivity index (χ1) is 9.28. The van der Waals surface area contributed by atoms with Gasteiger partial charge in [0.2, 0.25) is 0 Å². The number of nitrogens with one attached hydrogen (secondary N) is 1. The molecule has 1 aromatic rings. The quantitative estimate of drug-likeness (QED) is 0.788. The molecule has 0 spiro atoms. The summed E-state index contributed by atoms with van der Waals surface area (Å²) >= 11 is 0.